The summed E-state index contributed by atoms with van der Waals surface area (Å²) in [5, 5.41) is 22.6. The number of unbranched alkanes of at least 4 members (excludes halogenated alkanes) is 14. The van der Waals surface area contributed by atoms with Crippen molar-refractivity contribution in [2.24, 2.45) is 10.3 Å². The summed E-state index contributed by atoms with van der Waals surface area (Å²) < 4.78 is 22.0. The molecular weight excluding hydrogens is 446 g/mol. The average molecular weight is 486 g/mol. The molecule has 0 amide bonds. The molecule has 0 heterocycles. The molecule has 0 rings (SSSR count). The Labute approximate surface area is 185 Å². The molecule has 0 spiro atoms. The second-order valence-electron chi connectivity index (χ2n) is 7.92. The highest BCUT2D eigenvalue weighted by atomic mass is 31.2. The zero-order valence-corrected chi connectivity index (χ0v) is 20.1. The van der Waals surface area contributed by atoms with Gasteiger partial charge in [0.1, 0.15) is 0 Å². The van der Waals surface area contributed by atoms with Crippen molar-refractivity contribution < 1.29 is 39.1 Å². The van der Waals surface area contributed by atoms with E-state index in [1.807, 2.05) is 0 Å². The van der Waals surface area contributed by atoms with Crippen LogP contribution < -0.4 is 0 Å². The van der Waals surface area contributed by atoms with Crippen LogP contribution in [-0.2, 0) is 9.13 Å². The van der Waals surface area contributed by atoms with Gasteiger partial charge in [-0.3, -0.25) is 9.13 Å². The molecule has 12 heteroatoms. The van der Waals surface area contributed by atoms with Crippen molar-refractivity contribution in [1.82, 2.24) is 0 Å². The first-order valence-electron chi connectivity index (χ1n) is 11.2. The summed E-state index contributed by atoms with van der Waals surface area (Å²) in [4.78, 5) is 35.8. The van der Waals surface area contributed by atoms with Gasteiger partial charge in [0.2, 0.25) is 0 Å². The summed E-state index contributed by atoms with van der Waals surface area (Å²) in [6.07, 6.45) is 15.8. The molecule has 0 saturated carbocycles. The fraction of sp³-hybridized carbons (Fsp3) is 0.895. The number of rotatable bonds is 20. The van der Waals surface area contributed by atoms with E-state index in [4.69, 9.17) is 30.0 Å². The molecule has 0 aliphatic heterocycles. The van der Waals surface area contributed by atoms with Crippen LogP contribution in [0.5, 0.6) is 0 Å². The Bertz CT molecular complexity index is 564. The Morgan fingerprint density at radius 1 is 0.452 bits per heavy atom. The Hall–Kier alpha value is -0.760. The molecule has 0 aromatic rings. The summed E-state index contributed by atoms with van der Waals surface area (Å²) >= 11 is 0. The number of nitrogens with zero attached hydrogens (tertiary/aromatic N) is 2. The molecule has 0 fully saturated rings. The predicted octanol–water partition coefficient (Wildman–Crippen LogP) is 5.55. The van der Waals surface area contributed by atoms with Crippen molar-refractivity contribution in [3.63, 3.8) is 0 Å². The third kappa shape index (κ3) is 17.5. The van der Waals surface area contributed by atoms with Crippen LogP contribution >= 0.6 is 15.2 Å². The molecule has 0 atom stereocenters. The van der Waals surface area contributed by atoms with E-state index in [2.05, 4.69) is 10.3 Å². The molecular formula is C19H40N2O8P2. The molecule has 0 saturated heterocycles. The molecule has 0 aromatic heterocycles. The van der Waals surface area contributed by atoms with Crippen LogP contribution in [0, 0.1) is 0 Å². The van der Waals surface area contributed by atoms with Gasteiger partial charge in [0, 0.05) is 12.8 Å². The predicted molar refractivity (Wildman–Crippen MR) is 121 cm³/mol. The Kier molecular flexibility index (Phi) is 17.3. The van der Waals surface area contributed by atoms with Crippen LogP contribution in [0.2, 0.25) is 0 Å². The van der Waals surface area contributed by atoms with Crippen LogP contribution in [0.25, 0.3) is 0 Å². The van der Waals surface area contributed by atoms with Crippen LogP contribution in [0.4, 0.5) is 0 Å². The van der Waals surface area contributed by atoms with Crippen molar-refractivity contribution in [2.45, 2.75) is 109 Å². The van der Waals surface area contributed by atoms with Gasteiger partial charge in [0.15, 0.2) is 10.9 Å². The van der Waals surface area contributed by atoms with Crippen LogP contribution in [0.3, 0.4) is 0 Å². The van der Waals surface area contributed by atoms with E-state index in [0.717, 1.165) is 51.4 Å². The highest BCUT2D eigenvalue weighted by Crippen LogP contribution is 2.39. The third-order valence-corrected chi connectivity index (χ3v) is 7.18. The van der Waals surface area contributed by atoms with Gasteiger partial charge in [-0.1, -0.05) is 93.8 Å². The number of hydrogen-bond donors (Lipinski definition) is 6. The first-order valence-corrected chi connectivity index (χ1v) is 14.4. The van der Waals surface area contributed by atoms with Crippen LogP contribution in [0.15, 0.2) is 10.3 Å². The topological polar surface area (TPSA) is 180 Å². The molecule has 184 valence electrons. The minimum Gasteiger partial charge on any atom is -0.410 e. The zero-order chi connectivity index (χ0) is 23.6. The van der Waals surface area contributed by atoms with Crippen LogP contribution in [0.1, 0.15) is 109 Å². The van der Waals surface area contributed by atoms with Gasteiger partial charge in [-0.05, 0) is 12.8 Å². The second kappa shape index (κ2) is 17.8. The highest BCUT2D eigenvalue weighted by Gasteiger charge is 2.23. The Morgan fingerprint density at radius 2 is 0.645 bits per heavy atom. The van der Waals surface area contributed by atoms with Crippen molar-refractivity contribution in [1.29, 1.82) is 0 Å². The number of hydrogen-bond acceptors (Lipinski definition) is 6. The van der Waals surface area contributed by atoms with E-state index >= 15 is 0 Å². The van der Waals surface area contributed by atoms with Crippen LogP contribution in [-0.4, -0.2) is 40.9 Å². The van der Waals surface area contributed by atoms with Crippen molar-refractivity contribution in [2.75, 3.05) is 0 Å². The van der Waals surface area contributed by atoms with E-state index in [0.29, 0.717) is 12.8 Å². The van der Waals surface area contributed by atoms with Gasteiger partial charge in [0.05, 0.1) is 0 Å². The van der Waals surface area contributed by atoms with Gasteiger partial charge in [-0.25, -0.2) is 0 Å². The first kappa shape index (κ1) is 30.2. The van der Waals surface area contributed by atoms with Crippen molar-refractivity contribution in [3.8, 4) is 0 Å². The molecule has 0 aromatic carbocycles. The fourth-order valence-corrected chi connectivity index (χ4v) is 4.50. The van der Waals surface area contributed by atoms with E-state index in [9.17, 15) is 9.13 Å². The van der Waals surface area contributed by atoms with Gasteiger partial charge in [-0.15, -0.1) is 0 Å². The van der Waals surface area contributed by atoms with Gasteiger partial charge >= 0.3 is 15.2 Å². The van der Waals surface area contributed by atoms with Gasteiger partial charge in [-0.2, -0.15) is 0 Å². The molecule has 0 unspecified atom stereocenters. The monoisotopic (exact) mass is 486 g/mol. The lowest BCUT2D eigenvalue weighted by molar-refractivity contribution is 0.314. The maximum atomic E-state index is 11.0. The highest BCUT2D eigenvalue weighted by molar-refractivity contribution is 7.70. The third-order valence-electron chi connectivity index (χ3n) is 5.20. The van der Waals surface area contributed by atoms with E-state index < -0.39 is 26.1 Å². The van der Waals surface area contributed by atoms with E-state index in [-0.39, 0.29) is 12.8 Å². The summed E-state index contributed by atoms with van der Waals surface area (Å²) in [6, 6.07) is 0. The van der Waals surface area contributed by atoms with Gasteiger partial charge < -0.3 is 30.0 Å². The SMILES string of the molecule is O=P(O)(O)C(CCCCCCCCCCCCCCCCCC(=NO)P(=O)(O)O)=NO. The molecule has 6 N–H and O–H groups in total. The smallest absolute Gasteiger partial charge is 0.373 e. The summed E-state index contributed by atoms with van der Waals surface area (Å²) in [5.41, 5.74) is -0.865. The lowest BCUT2D eigenvalue weighted by Crippen LogP contribution is -1.99. The molecule has 0 aliphatic rings. The fourth-order valence-electron chi connectivity index (χ4n) is 3.37. The van der Waals surface area contributed by atoms with E-state index in [1.165, 1.54) is 32.1 Å². The van der Waals surface area contributed by atoms with Crippen molar-refractivity contribution >= 4 is 26.1 Å². The lowest BCUT2D eigenvalue weighted by Gasteiger charge is -2.06. The largest absolute Gasteiger partial charge is 0.410 e. The average Bonchev–Trinajstić information content (AvgIpc) is 2.68. The maximum Gasteiger partial charge on any atom is 0.373 e. The summed E-state index contributed by atoms with van der Waals surface area (Å²) in [7, 11) is -8.83. The summed E-state index contributed by atoms with van der Waals surface area (Å²) in [6.45, 7) is 0. The van der Waals surface area contributed by atoms with Gasteiger partial charge in [0.25, 0.3) is 0 Å². The Morgan fingerprint density at radius 3 is 0.806 bits per heavy atom. The zero-order valence-electron chi connectivity index (χ0n) is 18.3. The second-order valence-corrected chi connectivity index (χ2v) is 11.1. The summed E-state index contributed by atoms with van der Waals surface area (Å²) in [5.74, 6) is 0. The first-order chi connectivity index (χ1) is 14.6. The quantitative estimate of drug-likeness (QED) is 0.0426. The lowest BCUT2D eigenvalue weighted by atomic mass is 10.0. The molecule has 0 radical (unpaired) electrons. The van der Waals surface area contributed by atoms with Crippen molar-refractivity contribution in [3.05, 3.63) is 0 Å². The molecule has 31 heavy (non-hydrogen) atoms. The molecule has 0 bridgehead atoms. The Balaban J connectivity index is 3.37. The normalized spacial score (nSPS) is 13.7. The molecule has 10 nitrogen and oxygen atoms in total. The standard InChI is InChI=1S/C19H40N2O8P2/c22-20-18(30(24,25)26)16-14-12-10-8-6-4-2-1-3-5-7-9-11-13-15-17-19(21-23)31(27,28)29/h22-23H,1-17H2,(H2,24,25,26)(H2,27,28,29). The van der Waals surface area contributed by atoms with E-state index in [1.54, 1.807) is 0 Å². The number of oxime groups is 2. The maximum absolute atomic E-state index is 11.0. The molecule has 0 aliphatic carbocycles. The minimum absolute atomic E-state index is 0.131. The minimum atomic E-state index is -4.41.